The molecule has 8 nitrogen and oxygen atoms in total. The Balaban J connectivity index is 1.53. The van der Waals surface area contributed by atoms with Gasteiger partial charge in [0, 0.05) is 24.0 Å². The number of ether oxygens (including phenoxy) is 2. The van der Waals surface area contributed by atoms with Crippen molar-refractivity contribution in [1.82, 2.24) is 14.8 Å². The first kappa shape index (κ1) is 23.5. The van der Waals surface area contributed by atoms with E-state index < -0.39 is 9.84 Å². The Morgan fingerprint density at radius 1 is 1.15 bits per heavy atom. The average molecular weight is 488 g/mol. The van der Waals surface area contributed by atoms with Crippen LogP contribution in [0.3, 0.4) is 0 Å². The molecule has 1 atom stereocenters. The molecule has 1 saturated heterocycles. The van der Waals surface area contributed by atoms with E-state index in [1.54, 1.807) is 19.2 Å². The predicted octanol–water partition coefficient (Wildman–Crippen LogP) is 3.51. The van der Waals surface area contributed by atoms with Crippen LogP contribution in [-0.2, 0) is 21.1 Å². The van der Waals surface area contributed by atoms with E-state index in [0.717, 1.165) is 37.0 Å². The molecule has 0 amide bonds. The van der Waals surface area contributed by atoms with E-state index in [0.29, 0.717) is 23.1 Å². The van der Waals surface area contributed by atoms with Crippen LogP contribution in [0.4, 0.5) is 0 Å². The van der Waals surface area contributed by atoms with Crippen molar-refractivity contribution in [3.63, 3.8) is 0 Å². The van der Waals surface area contributed by atoms with Gasteiger partial charge in [0.2, 0.25) is 0 Å². The number of carbonyl (C=O) groups is 1. The first-order valence-electron chi connectivity index (χ1n) is 10.5. The number of Topliss-reactive ketones (excluding diaryl/α,β-unsaturated/α-hetero) is 1. The number of ketones is 1. The first-order valence-corrected chi connectivity index (χ1v) is 13.4. The maximum Gasteiger partial charge on any atom is 0.192 e. The number of carbonyl (C=O) groups excluding carboxylic acids is 1. The summed E-state index contributed by atoms with van der Waals surface area (Å²) in [5, 5.41) is 9.37. The summed E-state index contributed by atoms with van der Waals surface area (Å²) < 4.78 is 36.3. The Labute approximate surface area is 197 Å². The predicted molar refractivity (Wildman–Crippen MR) is 126 cm³/mol. The standard InChI is InChI=1S/C23H25N3O5S2/c1-30-18-9-5-17(6-10-18)22-24-25-23(26(22)14-19-4-3-13-31-19)32-15-21(27)16-7-11-20(12-8-16)33(2,28)29/h5-12,19H,3-4,13-15H2,1-2H3. The zero-order chi connectivity index (χ0) is 23.4. The monoisotopic (exact) mass is 487 g/mol. The van der Waals surface area contributed by atoms with Crippen molar-refractivity contribution in [1.29, 1.82) is 0 Å². The molecule has 10 heteroatoms. The molecule has 1 aromatic heterocycles. The Morgan fingerprint density at radius 2 is 1.88 bits per heavy atom. The Kier molecular flexibility index (Phi) is 7.16. The third-order valence-corrected chi connectivity index (χ3v) is 7.51. The maximum absolute atomic E-state index is 12.7. The summed E-state index contributed by atoms with van der Waals surface area (Å²) >= 11 is 1.31. The lowest BCUT2D eigenvalue weighted by atomic mass is 10.1. The van der Waals surface area contributed by atoms with Crippen molar-refractivity contribution in [3.8, 4) is 17.1 Å². The van der Waals surface area contributed by atoms with Crippen LogP contribution in [0, 0.1) is 0 Å². The van der Waals surface area contributed by atoms with Crippen molar-refractivity contribution < 1.29 is 22.7 Å². The van der Waals surface area contributed by atoms with Gasteiger partial charge in [-0.15, -0.1) is 10.2 Å². The van der Waals surface area contributed by atoms with Gasteiger partial charge in [0.1, 0.15) is 5.75 Å². The summed E-state index contributed by atoms with van der Waals surface area (Å²) in [5.41, 5.74) is 1.35. The SMILES string of the molecule is COc1ccc(-c2nnc(SCC(=O)c3ccc(S(C)(=O)=O)cc3)n2CC2CCCO2)cc1. The zero-order valence-corrected chi connectivity index (χ0v) is 20.1. The number of aromatic nitrogens is 3. The number of hydrogen-bond donors (Lipinski definition) is 0. The minimum Gasteiger partial charge on any atom is -0.497 e. The van der Waals surface area contributed by atoms with Gasteiger partial charge in [-0.25, -0.2) is 8.42 Å². The van der Waals surface area contributed by atoms with E-state index in [1.807, 2.05) is 28.8 Å². The highest BCUT2D eigenvalue weighted by atomic mass is 32.2. The lowest BCUT2D eigenvalue weighted by Crippen LogP contribution is -2.17. The van der Waals surface area contributed by atoms with E-state index in [-0.39, 0.29) is 22.5 Å². The highest BCUT2D eigenvalue weighted by molar-refractivity contribution is 7.99. The molecule has 1 aliphatic rings. The molecule has 0 radical (unpaired) electrons. The van der Waals surface area contributed by atoms with Crippen molar-refractivity contribution in [2.24, 2.45) is 0 Å². The van der Waals surface area contributed by atoms with E-state index >= 15 is 0 Å². The number of thioether (sulfide) groups is 1. The third kappa shape index (κ3) is 5.63. The molecule has 1 unspecified atom stereocenters. The molecule has 1 aliphatic heterocycles. The maximum atomic E-state index is 12.7. The van der Waals surface area contributed by atoms with E-state index in [2.05, 4.69) is 10.2 Å². The number of nitrogens with zero attached hydrogens (tertiary/aromatic N) is 3. The normalized spacial score (nSPS) is 16.1. The van der Waals surface area contributed by atoms with E-state index in [9.17, 15) is 13.2 Å². The van der Waals surface area contributed by atoms with Crippen LogP contribution in [0.5, 0.6) is 5.75 Å². The molecule has 0 spiro atoms. The molecule has 1 fully saturated rings. The quantitative estimate of drug-likeness (QED) is 0.334. The van der Waals surface area contributed by atoms with Crippen molar-refractivity contribution in [3.05, 3.63) is 54.1 Å². The van der Waals surface area contributed by atoms with Crippen LogP contribution in [0.15, 0.2) is 58.6 Å². The summed E-state index contributed by atoms with van der Waals surface area (Å²) in [7, 11) is -1.68. The summed E-state index contributed by atoms with van der Waals surface area (Å²) in [4.78, 5) is 12.9. The minimum absolute atomic E-state index is 0.0802. The fourth-order valence-electron chi connectivity index (χ4n) is 3.61. The van der Waals surface area contributed by atoms with Crippen molar-refractivity contribution >= 4 is 27.4 Å². The molecule has 33 heavy (non-hydrogen) atoms. The molecule has 0 bridgehead atoms. The number of rotatable bonds is 9. The summed E-state index contributed by atoms with van der Waals surface area (Å²) in [5.74, 6) is 1.51. The molecular formula is C23H25N3O5S2. The van der Waals surface area contributed by atoms with Crippen LogP contribution in [-0.4, -0.2) is 60.8 Å². The summed E-state index contributed by atoms with van der Waals surface area (Å²) in [6.07, 6.45) is 3.21. The second-order valence-corrected chi connectivity index (χ2v) is 10.7. The largest absolute Gasteiger partial charge is 0.497 e. The van der Waals surface area contributed by atoms with Gasteiger partial charge in [0.25, 0.3) is 0 Å². The summed E-state index contributed by atoms with van der Waals surface area (Å²) in [6, 6.07) is 13.6. The molecule has 3 aromatic rings. The highest BCUT2D eigenvalue weighted by Crippen LogP contribution is 2.28. The topological polar surface area (TPSA) is 100 Å². The molecular weight excluding hydrogens is 462 g/mol. The van der Waals surface area contributed by atoms with Crippen LogP contribution >= 0.6 is 11.8 Å². The lowest BCUT2D eigenvalue weighted by Gasteiger charge is -2.15. The van der Waals surface area contributed by atoms with Gasteiger partial charge < -0.3 is 9.47 Å². The van der Waals surface area contributed by atoms with Gasteiger partial charge >= 0.3 is 0 Å². The number of hydrogen-bond acceptors (Lipinski definition) is 8. The molecule has 2 heterocycles. The van der Waals surface area contributed by atoms with Crippen molar-refractivity contribution in [2.75, 3.05) is 25.7 Å². The minimum atomic E-state index is -3.30. The second kappa shape index (κ2) is 10.1. The van der Waals surface area contributed by atoms with E-state index in [4.69, 9.17) is 9.47 Å². The lowest BCUT2D eigenvalue weighted by molar-refractivity contribution is 0.0953. The average Bonchev–Trinajstić information content (AvgIpc) is 3.47. The smallest absolute Gasteiger partial charge is 0.192 e. The Bertz CT molecular complexity index is 1220. The fraction of sp³-hybridized carbons (Fsp3) is 0.348. The van der Waals surface area contributed by atoms with Gasteiger partial charge in [-0.3, -0.25) is 9.36 Å². The molecule has 0 N–H and O–H groups in total. The van der Waals surface area contributed by atoms with Crippen molar-refractivity contribution in [2.45, 2.75) is 35.5 Å². The molecule has 2 aromatic carbocycles. The van der Waals surface area contributed by atoms with Gasteiger partial charge in [-0.05, 0) is 49.2 Å². The molecule has 174 valence electrons. The van der Waals surface area contributed by atoms with Crippen LogP contribution in [0.25, 0.3) is 11.4 Å². The zero-order valence-electron chi connectivity index (χ0n) is 18.4. The van der Waals surface area contributed by atoms with E-state index in [1.165, 1.54) is 23.9 Å². The van der Waals surface area contributed by atoms with Gasteiger partial charge in [0.05, 0.1) is 30.4 Å². The second-order valence-electron chi connectivity index (χ2n) is 7.79. The molecule has 0 aliphatic carbocycles. The Hall–Kier alpha value is -2.69. The van der Waals surface area contributed by atoms with Crippen LogP contribution in [0.1, 0.15) is 23.2 Å². The molecule has 4 rings (SSSR count). The number of sulfone groups is 1. The fourth-order valence-corrected chi connectivity index (χ4v) is 5.08. The first-order chi connectivity index (χ1) is 15.8. The van der Waals surface area contributed by atoms with Gasteiger partial charge in [-0.2, -0.15) is 0 Å². The Morgan fingerprint density at radius 3 is 2.48 bits per heavy atom. The van der Waals surface area contributed by atoms with Gasteiger partial charge in [0.15, 0.2) is 26.6 Å². The van der Waals surface area contributed by atoms with Gasteiger partial charge in [-0.1, -0.05) is 23.9 Å². The number of methoxy groups -OCH3 is 1. The third-order valence-electron chi connectivity index (χ3n) is 5.41. The van der Waals surface area contributed by atoms with Crippen LogP contribution < -0.4 is 4.74 Å². The van der Waals surface area contributed by atoms with Crippen LogP contribution in [0.2, 0.25) is 0 Å². The summed E-state index contributed by atoms with van der Waals surface area (Å²) in [6.45, 7) is 1.35. The molecule has 0 saturated carbocycles. The highest BCUT2D eigenvalue weighted by Gasteiger charge is 2.22. The number of benzene rings is 2.